The zero-order valence-corrected chi connectivity index (χ0v) is 13.7. The second-order valence-electron chi connectivity index (χ2n) is 4.88. The number of esters is 1. The molecule has 0 aliphatic rings. The number of halogens is 3. The largest absolute Gasteiger partial charge is 0.467 e. The first-order valence-electron chi connectivity index (χ1n) is 6.80. The highest BCUT2D eigenvalue weighted by molar-refractivity contribution is 7.78. The maximum atomic E-state index is 12.8. The van der Waals surface area contributed by atoms with Crippen LogP contribution in [0.25, 0.3) is 0 Å². The highest BCUT2D eigenvalue weighted by Crippen LogP contribution is 2.32. The van der Waals surface area contributed by atoms with Crippen LogP contribution in [-0.4, -0.2) is 30.2 Å². The summed E-state index contributed by atoms with van der Waals surface area (Å²) in [6, 6.07) is 2.63. The van der Waals surface area contributed by atoms with Crippen LogP contribution >= 0.6 is 12.2 Å². The molecular formula is C15H15F3N2O3S. The Morgan fingerprint density at radius 3 is 2.62 bits per heavy atom. The molecule has 0 saturated carbocycles. The monoisotopic (exact) mass is 360 g/mol. The zero-order valence-electron chi connectivity index (χ0n) is 12.9. The van der Waals surface area contributed by atoms with Gasteiger partial charge >= 0.3 is 12.1 Å². The lowest BCUT2D eigenvalue weighted by Crippen LogP contribution is -2.39. The molecule has 2 unspecified atom stereocenters. The summed E-state index contributed by atoms with van der Waals surface area (Å²) in [5.74, 6) is -1.22. The van der Waals surface area contributed by atoms with Gasteiger partial charge in [0.25, 0.3) is 0 Å². The summed E-state index contributed by atoms with van der Waals surface area (Å²) in [5.41, 5.74) is -0.684. The van der Waals surface area contributed by atoms with E-state index in [1.54, 1.807) is 0 Å². The van der Waals surface area contributed by atoms with E-state index in [4.69, 9.17) is 0 Å². The first kappa shape index (κ1) is 19.8. The van der Waals surface area contributed by atoms with E-state index in [-0.39, 0.29) is 12.0 Å². The van der Waals surface area contributed by atoms with Crippen LogP contribution in [0.4, 0.5) is 13.2 Å². The summed E-state index contributed by atoms with van der Waals surface area (Å²) in [6.07, 6.45) is -4.80. The molecular weight excluding hydrogens is 345 g/mol. The number of amides is 1. The number of carbonyl (C=O) groups is 2. The Bertz CT molecular complexity index is 658. The van der Waals surface area contributed by atoms with Crippen LogP contribution in [0.1, 0.15) is 30.5 Å². The van der Waals surface area contributed by atoms with Crippen LogP contribution in [0.5, 0.6) is 0 Å². The molecule has 1 aromatic rings. The second-order valence-corrected chi connectivity index (χ2v) is 5.06. The van der Waals surface area contributed by atoms with E-state index in [9.17, 15) is 22.8 Å². The molecule has 24 heavy (non-hydrogen) atoms. The summed E-state index contributed by atoms with van der Waals surface area (Å²) in [4.78, 5) is 27.0. The number of benzene rings is 1. The minimum atomic E-state index is -4.51. The van der Waals surface area contributed by atoms with Crippen molar-refractivity contribution in [3.63, 3.8) is 0 Å². The quantitative estimate of drug-likeness (QED) is 0.481. The van der Waals surface area contributed by atoms with Gasteiger partial charge < -0.3 is 10.1 Å². The van der Waals surface area contributed by atoms with Crippen molar-refractivity contribution in [3.8, 4) is 0 Å². The fourth-order valence-electron chi connectivity index (χ4n) is 1.94. The van der Waals surface area contributed by atoms with Gasteiger partial charge in [-0.05, 0) is 36.8 Å². The Balaban J connectivity index is 2.94. The maximum absolute atomic E-state index is 12.8. The standard InChI is InChI=1S/C15H15F3N2O3S/c1-9(14(22)23-2)20-13(21)7-12(19-8-24)10-4-3-5-11(6-10)15(16,17)18/h3-6,9,12H,7H2,1-2H3,(H,20,21). The van der Waals surface area contributed by atoms with Crippen molar-refractivity contribution in [1.82, 2.24) is 5.32 Å². The van der Waals surface area contributed by atoms with Crippen LogP contribution < -0.4 is 5.32 Å². The third kappa shape index (κ3) is 5.75. The normalized spacial score (nSPS) is 13.4. The minimum absolute atomic E-state index is 0.169. The number of hydrogen-bond acceptors (Lipinski definition) is 5. The number of hydrogen-bond donors (Lipinski definition) is 1. The molecule has 0 radical (unpaired) electrons. The molecule has 0 aromatic heterocycles. The topological polar surface area (TPSA) is 67.8 Å². The van der Waals surface area contributed by atoms with Crippen molar-refractivity contribution in [2.75, 3.05) is 7.11 Å². The lowest BCUT2D eigenvalue weighted by molar-refractivity contribution is -0.144. The van der Waals surface area contributed by atoms with Gasteiger partial charge in [0, 0.05) is 0 Å². The van der Waals surface area contributed by atoms with Crippen molar-refractivity contribution in [2.45, 2.75) is 31.6 Å². The SMILES string of the molecule is COC(=O)C(C)NC(=O)CC(N=C=S)c1cccc(C(F)(F)F)c1. The van der Waals surface area contributed by atoms with E-state index in [0.29, 0.717) is 0 Å². The van der Waals surface area contributed by atoms with Crippen LogP contribution in [0.15, 0.2) is 29.3 Å². The highest BCUT2D eigenvalue weighted by Gasteiger charge is 2.31. The van der Waals surface area contributed by atoms with Gasteiger partial charge in [-0.3, -0.25) is 4.79 Å². The van der Waals surface area contributed by atoms with Crippen LogP contribution in [0.3, 0.4) is 0 Å². The average Bonchev–Trinajstić information content (AvgIpc) is 2.52. The lowest BCUT2D eigenvalue weighted by Gasteiger charge is -2.16. The van der Waals surface area contributed by atoms with E-state index >= 15 is 0 Å². The van der Waals surface area contributed by atoms with E-state index in [1.165, 1.54) is 26.2 Å². The van der Waals surface area contributed by atoms with Crippen LogP contribution in [0, 0.1) is 0 Å². The molecule has 1 aromatic carbocycles. The number of nitrogens with zero attached hydrogens (tertiary/aromatic N) is 1. The van der Waals surface area contributed by atoms with Crippen molar-refractivity contribution in [1.29, 1.82) is 0 Å². The first-order chi connectivity index (χ1) is 11.2. The molecule has 2 atom stereocenters. The number of alkyl halides is 3. The number of thiocarbonyl (C=S) groups is 1. The molecule has 9 heteroatoms. The molecule has 0 spiro atoms. The average molecular weight is 360 g/mol. The van der Waals surface area contributed by atoms with Crippen LogP contribution in [0.2, 0.25) is 0 Å². The molecule has 0 heterocycles. The van der Waals surface area contributed by atoms with Crippen molar-refractivity contribution < 1.29 is 27.5 Å². The molecule has 0 fully saturated rings. The number of methoxy groups -OCH3 is 1. The molecule has 1 N–H and O–H groups in total. The Labute approximate surface area is 141 Å². The lowest BCUT2D eigenvalue weighted by atomic mass is 10.0. The summed E-state index contributed by atoms with van der Waals surface area (Å²) >= 11 is 4.49. The molecule has 1 amide bonds. The van der Waals surface area contributed by atoms with Gasteiger partial charge in [-0.2, -0.15) is 13.2 Å². The Kier molecular flexibility index (Phi) is 7.06. The number of isothiocyanates is 1. The van der Waals surface area contributed by atoms with Gasteiger partial charge in [-0.1, -0.05) is 12.1 Å². The van der Waals surface area contributed by atoms with E-state index in [1.807, 2.05) is 0 Å². The van der Waals surface area contributed by atoms with Gasteiger partial charge in [0.1, 0.15) is 6.04 Å². The second kappa shape index (κ2) is 8.56. The predicted octanol–water partition coefficient (Wildman–Crippen LogP) is 2.92. The molecule has 0 aliphatic heterocycles. The van der Waals surface area contributed by atoms with Gasteiger partial charge in [0.15, 0.2) is 0 Å². The highest BCUT2D eigenvalue weighted by atomic mass is 32.1. The number of aliphatic imine (C=N–C) groups is 1. The van der Waals surface area contributed by atoms with Crippen LogP contribution in [-0.2, 0) is 20.5 Å². The summed E-state index contributed by atoms with van der Waals surface area (Å²) in [7, 11) is 1.17. The Hall–Kier alpha value is -2.25. The number of nitrogens with one attached hydrogen (secondary N) is 1. The predicted molar refractivity (Wildman–Crippen MR) is 83.4 cm³/mol. The first-order valence-corrected chi connectivity index (χ1v) is 7.21. The van der Waals surface area contributed by atoms with Crippen molar-refractivity contribution in [2.24, 2.45) is 4.99 Å². The molecule has 130 valence electrons. The molecule has 0 bridgehead atoms. The molecule has 1 rings (SSSR count). The summed E-state index contributed by atoms with van der Waals surface area (Å²) in [5, 5.41) is 4.45. The summed E-state index contributed by atoms with van der Waals surface area (Å²) < 4.78 is 42.8. The number of rotatable bonds is 6. The Morgan fingerprint density at radius 1 is 1.42 bits per heavy atom. The summed E-state index contributed by atoms with van der Waals surface area (Å²) in [6.45, 7) is 1.42. The molecule has 0 saturated heterocycles. The van der Waals surface area contributed by atoms with E-state index < -0.39 is 35.7 Å². The van der Waals surface area contributed by atoms with Crippen molar-refractivity contribution >= 4 is 29.3 Å². The van der Waals surface area contributed by atoms with E-state index in [0.717, 1.165) is 12.1 Å². The zero-order chi connectivity index (χ0) is 18.3. The van der Waals surface area contributed by atoms with Gasteiger partial charge in [0.05, 0.1) is 30.3 Å². The number of carbonyl (C=O) groups excluding carboxylic acids is 2. The minimum Gasteiger partial charge on any atom is -0.467 e. The van der Waals surface area contributed by atoms with Gasteiger partial charge in [-0.25, -0.2) is 9.79 Å². The Morgan fingerprint density at radius 2 is 2.08 bits per heavy atom. The van der Waals surface area contributed by atoms with Gasteiger partial charge in [-0.15, -0.1) is 0 Å². The fraction of sp³-hybridized carbons (Fsp3) is 0.400. The van der Waals surface area contributed by atoms with Gasteiger partial charge in [0.2, 0.25) is 5.91 Å². The third-order valence-electron chi connectivity index (χ3n) is 3.12. The maximum Gasteiger partial charge on any atom is 0.416 e. The smallest absolute Gasteiger partial charge is 0.416 e. The fourth-order valence-corrected chi connectivity index (χ4v) is 2.06. The van der Waals surface area contributed by atoms with E-state index in [2.05, 4.69) is 32.4 Å². The number of ether oxygens (including phenoxy) is 1. The molecule has 0 aliphatic carbocycles. The third-order valence-corrected chi connectivity index (χ3v) is 3.22. The molecule has 5 nitrogen and oxygen atoms in total. The van der Waals surface area contributed by atoms with Crippen molar-refractivity contribution in [3.05, 3.63) is 35.4 Å².